The lowest BCUT2D eigenvalue weighted by molar-refractivity contribution is -0.139. The molecule has 6 nitrogen and oxygen atoms in total. The van der Waals surface area contributed by atoms with Crippen molar-refractivity contribution in [1.29, 1.82) is 0 Å². The topological polar surface area (TPSA) is 79.7 Å². The predicted octanol–water partition coefficient (Wildman–Crippen LogP) is 2.19. The molecule has 0 radical (unpaired) electrons. The molecule has 2 heterocycles. The molecule has 1 aromatic carbocycles. The normalized spacial score (nSPS) is 17.5. The quantitative estimate of drug-likeness (QED) is 0.880. The molecule has 0 aliphatic carbocycles. The van der Waals surface area contributed by atoms with Gasteiger partial charge < -0.3 is 14.7 Å². The molecule has 0 saturated carbocycles. The van der Waals surface area contributed by atoms with Crippen LogP contribution in [-0.4, -0.2) is 52.7 Å². The molecule has 0 bridgehead atoms. The Balaban J connectivity index is 1.72. The van der Waals surface area contributed by atoms with Crippen molar-refractivity contribution in [3.8, 4) is 0 Å². The average Bonchev–Trinajstić information content (AvgIpc) is 3.03. The van der Waals surface area contributed by atoms with E-state index >= 15 is 0 Å². The van der Waals surface area contributed by atoms with Crippen molar-refractivity contribution in [2.45, 2.75) is 18.9 Å². The number of halogens is 1. The fourth-order valence-electron chi connectivity index (χ4n) is 2.75. The van der Waals surface area contributed by atoms with Gasteiger partial charge in [0, 0.05) is 18.3 Å². The first-order valence-electron chi connectivity index (χ1n) is 7.82. The van der Waals surface area contributed by atoms with Crippen LogP contribution in [0.25, 0.3) is 0 Å². The van der Waals surface area contributed by atoms with E-state index in [1.807, 2.05) is 0 Å². The van der Waals surface area contributed by atoms with Gasteiger partial charge >= 0.3 is 5.97 Å². The number of hydrogen-bond acceptors (Lipinski definition) is 5. The Morgan fingerprint density at radius 3 is 3.04 bits per heavy atom. The summed E-state index contributed by atoms with van der Waals surface area (Å²) in [6, 6.07) is 5.76. The Morgan fingerprint density at radius 2 is 2.28 bits per heavy atom. The maximum absolute atomic E-state index is 13.3. The number of amides is 1. The molecular weight excluding hydrogens is 347 g/mol. The number of carboxylic acid groups (broad SMARTS) is 1. The maximum Gasteiger partial charge on any atom is 0.305 e. The summed E-state index contributed by atoms with van der Waals surface area (Å²) < 4.78 is 18.5. The summed E-state index contributed by atoms with van der Waals surface area (Å²) in [5, 5.41) is 11.4. The zero-order valence-corrected chi connectivity index (χ0v) is 14.2. The summed E-state index contributed by atoms with van der Waals surface area (Å²) in [6.07, 6.45) is 0.281. The van der Waals surface area contributed by atoms with E-state index < -0.39 is 12.0 Å². The lowest BCUT2D eigenvalue weighted by atomic mass is 10.1. The van der Waals surface area contributed by atoms with Gasteiger partial charge in [-0.05, 0) is 17.7 Å². The molecule has 132 valence electrons. The lowest BCUT2D eigenvalue weighted by Crippen LogP contribution is -2.49. The smallest absolute Gasteiger partial charge is 0.305 e. The van der Waals surface area contributed by atoms with Crippen LogP contribution in [0, 0.1) is 5.82 Å². The molecule has 25 heavy (non-hydrogen) atoms. The molecular formula is C17H17FN2O4S. The van der Waals surface area contributed by atoms with Crippen molar-refractivity contribution < 1.29 is 23.8 Å². The van der Waals surface area contributed by atoms with Crippen LogP contribution < -0.4 is 0 Å². The molecule has 0 spiro atoms. The van der Waals surface area contributed by atoms with Gasteiger partial charge in [0.15, 0.2) is 0 Å². The average molecular weight is 364 g/mol. The van der Waals surface area contributed by atoms with E-state index in [1.165, 1.54) is 28.4 Å². The summed E-state index contributed by atoms with van der Waals surface area (Å²) in [5.41, 5.74) is 1.07. The van der Waals surface area contributed by atoms with Gasteiger partial charge in [-0.3, -0.25) is 9.59 Å². The van der Waals surface area contributed by atoms with Crippen molar-refractivity contribution >= 4 is 23.2 Å². The predicted molar refractivity (Wildman–Crippen MR) is 89.2 cm³/mol. The van der Waals surface area contributed by atoms with E-state index in [2.05, 4.69) is 4.98 Å². The molecule has 1 N–H and O–H groups in total. The summed E-state index contributed by atoms with van der Waals surface area (Å²) in [5.74, 6) is -1.58. The van der Waals surface area contributed by atoms with Crippen LogP contribution in [-0.2, 0) is 16.0 Å². The third-order valence-corrected chi connectivity index (χ3v) is 4.76. The monoisotopic (exact) mass is 364 g/mol. The zero-order chi connectivity index (χ0) is 17.8. The molecule has 1 atom stereocenters. The van der Waals surface area contributed by atoms with Gasteiger partial charge in [-0.2, -0.15) is 0 Å². The van der Waals surface area contributed by atoms with Crippen molar-refractivity contribution in [3.05, 3.63) is 51.7 Å². The Kier molecular flexibility index (Phi) is 5.40. The van der Waals surface area contributed by atoms with Gasteiger partial charge in [-0.1, -0.05) is 12.1 Å². The number of hydrogen-bond donors (Lipinski definition) is 1. The standard InChI is InChI=1S/C17H17FN2O4S/c18-12-3-1-2-11(6-12)7-15-19-14(10-25-15)17(23)20-4-5-24-9-13(20)8-16(21)22/h1-3,6,10,13H,4-5,7-9H2,(H,21,22). The molecule has 8 heteroatoms. The summed E-state index contributed by atoms with van der Waals surface area (Å²) in [4.78, 5) is 29.5. The van der Waals surface area contributed by atoms with Gasteiger partial charge in [0.05, 0.1) is 30.7 Å². The first kappa shape index (κ1) is 17.5. The second kappa shape index (κ2) is 7.71. The molecule has 1 aromatic heterocycles. The van der Waals surface area contributed by atoms with Gasteiger partial charge in [0.25, 0.3) is 5.91 Å². The number of thiazole rings is 1. The summed E-state index contributed by atoms with van der Waals surface area (Å²) >= 11 is 1.33. The number of carbonyl (C=O) groups excluding carboxylic acids is 1. The lowest BCUT2D eigenvalue weighted by Gasteiger charge is -2.34. The molecule has 1 saturated heterocycles. The molecule has 1 amide bonds. The van der Waals surface area contributed by atoms with E-state index in [0.29, 0.717) is 24.6 Å². The van der Waals surface area contributed by atoms with Crippen LogP contribution in [0.3, 0.4) is 0 Å². The number of morpholine rings is 1. The molecule has 2 aromatic rings. The molecule has 1 aliphatic heterocycles. The number of nitrogens with zero attached hydrogens (tertiary/aromatic N) is 2. The van der Waals surface area contributed by atoms with Crippen molar-refractivity contribution in [2.24, 2.45) is 0 Å². The zero-order valence-electron chi connectivity index (χ0n) is 13.4. The van der Waals surface area contributed by atoms with Gasteiger partial charge in [-0.15, -0.1) is 11.3 Å². The van der Waals surface area contributed by atoms with E-state index in [9.17, 15) is 14.0 Å². The largest absolute Gasteiger partial charge is 0.481 e. The molecule has 1 unspecified atom stereocenters. The van der Waals surface area contributed by atoms with E-state index in [4.69, 9.17) is 9.84 Å². The number of benzene rings is 1. The Labute approximate surface area is 147 Å². The van der Waals surface area contributed by atoms with Crippen LogP contribution in [0.4, 0.5) is 4.39 Å². The number of aliphatic carboxylic acids is 1. The number of rotatable bonds is 5. The molecule has 1 fully saturated rings. The Hall–Kier alpha value is -2.32. The van der Waals surface area contributed by atoms with Crippen molar-refractivity contribution in [1.82, 2.24) is 9.88 Å². The van der Waals surface area contributed by atoms with Crippen molar-refractivity contribution in [2.75, 3.05) is 19.8 Å². The highest BCUT2D eigenvalue weighted by Crippen LogP contribution is 2.19. The first-order chi connectivity index (χ1) is 12.0. The van der Waals surface area contributed by atoms with E-state index in [-0.39, 0.29) is 30.4 Å². The SMILES string of the molecule is O=C(O)CC1COCCN1C(=O)c1csc(Cc2cccc(F)c2)n1. The van der Waals surface area contributed by atoms with Crippen LogP contribution in [0.15, 0.2) is 29.6 Å². The van der Waals surface area contributed by atoms with E-state index in [1.54, 1.807) is 17.5 Å². The third-order valence-electron chi connectivity index (χ3n) is 3.91. The molecule has 3 rings (SSSR count). The number of aromatic nitrogens is 1. The van der Waals surface area contributed by atoms with Crippen LogP contribution in [0.5, 0.6) is 0 Å². The van der Waals surface area contributed by atoms with Crippen LogP contribution >= 0.6 is 11.3 Å². The summed E-state index contributed by atoms with van der Waals surface area (Å²) in [6.45, 7) is 0.925. The van der Waals surface area contributed by atoms with Gasteiger partial charge in [0.2, 0.25) is 0 Å². The fourth-order valence-corrected chi connectivity index (χ4v) is 3.55. The second-order valence-corrected chi connectivity index (χ2v) is 6.70. The van der Waals surface area contributed by atoms with Gasteiger partial charge in [-0.25, -0.2) is 9.37 Å². The minimum absolute atomic E-state index is 0.161. The van der Waals surface area contributed by atoms with E-state index in [0.717, 1.165) is 5.56 Å². The maximum atomic E-state index is 13.3. The highest BCUT2D eigenvalue weighted by Gasteiger charge is 2.30. The van der Waals surface area contributed by atoms with Crippen molar-refractivity contribution in [3.63, 3.8) is 0 Å². The number of ether oxygens (including phenoxy) is 1. The molecule has 1 aliphatic rings. The minimum Gasteiger partial charge on any atom is -0.481 e. The summed E-state index contributed by atoms with van der Waals surface area (Å²) in [7, 11) is 0. The second-order valence-electron chi connectivity index (χ2n) is 5.76. The number of carboxylic acids is 1. The highest BCUT2D eigenvalue weighted by atomic mass is 32.1. The fraction of sp³-hybridized carbons (Fsp3) is 0.353. The van der Waals surface area contributed by atoms with Gasteiger partial charge in [0.1, 0.15) is 11.5 Å². The third kappa shape index (κ3) is 4.40. The number of carbonyl (C=O) groups is 2. The highest BCUT2D eigenvalue weighted by molar-refractivity contribution is 7.09. The minimum atomic E-state index is -0.974. The van der Waals surface area contributed by atoms with Crippen LogP contribution in [0.1, 0.15) is 27.5 Å². The van der Waals surface area contributed by atoms with Crippen LogP contribution in [0.2, 0.25) is 0 Å². The Bertz CT molecular complexity index is 780. The first-order valence-corrected chi connectivity index (χ1v) is 8.70. The Morgan fingerprint density at radius 1 is 1.44 bits per heavy atom.